The summed E-state index contributed by atoms with van der Waals surface area (Å²) in [6.45, 7) is 2.61. The second-order valence-corrected chi connectivity index (χ2v) is 4.70. The number of carbonyl (C=O) groups excluding carboxylic acids is 3. The van der Waals surface area contributed by atoms with Crippen LogP contribution in [0.3, 0.4) is 0 Å². The lowest BCUT2D eigenvalue weighted by Gasteiger charge is -2.12. The average molecular weight is 304 g/mol. The summed E-state index contributed by atoms with van der Waals surface area (Å²) in [5.74, 6) is -0.897. The predicted octanol–water partition coefficient (Wildman–Crippen LogP) is 1.22. The summed E-state index contributed by atoms with van der Waals surface area (Å²) in [4.78, 5) is 35.4. The molecule has 6 nitrogen and oxygen atoms in total. The Bertz CT molecular complexity index is 681. The van der Waals surface area contributed by atoms with Gasteiger partial charge in [0.2, 0.25) is 5.91 Å². The summed E-state index contributed by atoms with van der Waals surface area (Å²) in [7, 11) is 0. The minimum absolute atomic E-state index is 0.0508. The van der Waals surface area contributed by atoms with Crippen LogP contribution in [0.15, 0.2) is 30.0 Å². The van der Waals surface area contributed by atoms with Gasteiger partial charge < -0.3 is 4.74 Å². The Morgan fingerprint density at radius 1 is 1.33 bits per heavy atom. The third-order valence-corrected chi connectivity index (χ3v) is 2.92. The lowest BCUT2D eigenvalue weighted by Crippen LogP contribution is -2.31. The summed E-state index contributed by atoms with van der Waals surface area (Å²) in [5, 5.41) is 2.46. The molecule has 1 aliphatic rings. The van der Waals surface area contributed by atoms with Crippen LogP contribution in [0.1, 0.15) is 19.4 Å². The van der Waals surface area contributed by atoms with E-state index < -0.39 is 11.9 Å². The van der Waals surface area contributed by atoms with E-state index in [1.807, 2.05) is 0 Å². The highest BCUT2D eigenvalue weighted by Gasteiger charge is 2.32. The van der Waals surface area contributed by atoms with E-state index in [2.05, 4.69) is 5.32 Å². The van der Waals surface area contributed by atoms with Crippen molar-refractivity contribution in [3.63, 3.8) is 0 Å². The normalized spacial score (nSPS) is 16.1. The summed E-state index contributed by atoms with van der Waals surface area (Å²) in [5.41, 5.74) is 0.738. The Balaban J connectivity index is 2.38. The van der Waals surface area contributed by atoms with Gasteiger partial charge in [-0.3, -0.25) is 24.6 Å². The van der Waals surface area contributed by atoms with Crippen molar-refractivity contribution in [3.8, 4) is 5.75 Å². The van der Waals surface area contributed by atoms with Crippen LogP contribution in [0.2, 0.25) is 0 Å². The molecule has 7 heteroatoms. The van der Waals surface area contributed by atoms with Crippen LogP contribution in [0, 0.1) is 0 Å². The second-order valence-electron chi connectivity index (χ2n) is 4.31. The minimum Gasteiger partial charge on any atom is -0.427 e. The largest absolute Gasteiger partial charge is 0.427 e. The van der Waals surface area contributed by atoms with E-state index in [4.69, 9.17) is 17.0 Å². The standard InChI is InChI=1S/C14H12N2O4S/c1-8(17)16-12(13(19)15-14(16)21)7-10-4-3-5-11(6-10)20-9(2)18/h3-7H,1-2H3,(H,15,19,21)/b12-7+. The zero-order chi connectivity index (χ0) is 15.6. The number of thiocarbonyl (C=S) groups is 1. The van der Waals surface area contributed by atoms with Crippen molar-refractivity contribution in [2.45, 2.75) is 13.8 Å². The van der Waals surface area contributed by atoms with Gasteiger partial charge in [-0.25, -0.2) is 0 Å². The molecule has 0 atom stereocenters. The van der Waals surface area contributed by atoms with Gasteiger partial charge in [0.1, 0.15) is 11.4 Å². The first-order valence-corrected chi connectivity index (χ1v) is 6.45. The SMILES string of the molecule is CC(=O)Oc1cccc(/C=C2\C(=O)NC(=S)N2C(C)=O)c1. The molecule has 1 saturated heterocycles. The number of hydrogen-bond donors (Lipinski definition) is 1. The fraction of sp³-hybridized carbons (Fsp3) is 0.143. The average Bonchev–Trinajstić information content (AvgIpc) is 2.63. The molecule has 1 aromatic rings. The molecule has 1 N–H and O–H groups in total. The van der Waals surface area contributed by atoms with Crippen molar-refractivity contribution in [1.82, 2.24) is 10.2 Å². The zero-order valence-corrected chi connectivity index (χ0v) is 12.2. The van der Waals surface area contributed by atoms with E-state index in [0.717, 1.165) is 4.90 Å². The third-order valence-electron chi connectivity index (χ3n) is 2.64. The molecule has 1 aromatic carbocycles. The Labute approximate surface area is 126 Å². The van der Waals surface area contributed by atoms with Gasteiger partial charge in [-0.1, -0.05) is 12.1 Å². The molecular weight excluding hydrogens is 292 g/mol. The third kappa shape index (κ3) is 3.32. The first-order chi connectivity index (χ1) is 9.88. The number of esters is 1. The zero-order valence-electron chi connectivity index (χ0n) is 11.4. The van der Waals surface area contributed by atoms with Crippen molar-refractivity contribution in [1.29, 1.82) is 0 Å². The van der Waals surface area contributed by atoms with Crippen molar-refractivity contribution in [2.24, 2.45) is 0 Å². The van der Waals surface area contributed by atoms with E-state index in [9.17, 15) is 14.4 Å². The molecular formula is C14H12N2O4S. The van der Waals surface area contributed by atoms with Crippen LogP contribution >= 0.6 is 12.2 Å². The lowest BCUT2D eigenvalue weighted by molar-refractivity contribution is -0.132. The molecule has 0 spiro atoms. The van der Waals surface area contributed by atoms with Crippen molar-refractivity contribution in [3.05, 3.63) is 35.5 Å². The predicted molar refractivity (Wildman–Crippen MR) is 79.0 cm³/mol. The Hall–Kier alpha value is -2.54. The molecule has 2 rings (SSSR count). The van der Waals surface area contributed by atoms with Gasteiger partial charge >= 0.3 is 5.97 Å². The first kappa shape index (κ1) is 14.9. The number of rotatable bonds is 2. The number of nitrogens with one attached hydrogen (secondary N) is 1. The highest BCUT2D eigenvalue weighted by molar-refractivity contribution is 7.80. The van der Waals surface area contributed by atoms with E-state index in [-0.39, 0.29) is 16.7 Å². The summed E-state index contributed by atoms with van der Waals surface area (Å²) in [6.07, 6.45) is 1.50. The van der Waals surface area contributed by atoms with Gasteiger partial charge in [-0.2, -0.15) is 0 Å². The molecule has 0 radical (unpaired) electrons. The molecule has 1 fully saturated rings. The highest BCUT2D eigenvalue weighted by atomic mass is 32.1. The molecule has 0 unspecified atom stereocenters. The van der Waals surface area contributed by atoms with Gasteiger partial charge in [-0.15, -0.1) is 0 Å². The number of hydrogen-bond acceptors (Lipinski definition) is 5. The molecule has 0 aliphatic carbocycles. The first-order valence-electron chi connectivity index (χ1n) is 6.04. The number of ether oxygens (including phenoxy) is 1. The molecule has 108 valence electrons. The second kappa shape index (κ2) is 5.84. The molecule has 0 aromatic heterocycles. The lowest BCUT2D eigenvalue weighted by atomic mass is 10.1. The van der Waals surface area contributed by atoms with Crippen LogP contribution in [0.4, 0.5) is 0 Å². The van der Waals surface area contributed by atoms with Gasteiger partial charge in [0.05, 0.1) is 0 Å². The Morgan fingerprint density at radius 2 is 2.05 bits per heavy atom. The summed E-state index contributed by atoms with van der Waals surface area (Å²) >= 11 is 4.93. The summed E-state index contributed by atoms with van der Waals surface area (Å²) in [6, 6.07) is 6.59. The van der Waals surface area contributed by atoms with E-state index >= 15 is 0 Å². The smallest absolute Gasteiger partial charge is 0.308 e. The number of benzene rings is 1. The van der Waals surface area contributed by atoms with E-state index in [0.29, 0.717) is 11.3 Å². The maximum absolute atomic E-state index is 11.8. The topological polar surface area (TPSA) is 75.7 Å². The van der Waals surface area contributed by atoms with Crippen LogP contribution in [-0.4, -0.2) is 27.8 Å². The number of nitrogens with zero attached hydrogens (tertiary/aromatic N) is 1. The summed E-state index contributed by atoms with van der Waals surface area (Å²) < 4.78 is 4.97. The highest BCUT2D eigenvalue weighted by Crippen LogP contribution is 2.20. The van der Waals surface area contributed by atoms with Crippen LogP contribution in [0.5, 0.6) is 5.75 Å². The molecule has 0 saturated carbocycles. The Kier molecular flexibility index (Phi) is 4.13. The molecule has 1 heterocycles. The van der Waals surface area contributed by atoms with Crippen LogP contribution < -0.4 is 10.1 Å². The van der Waals surface area contributed by atoms with Crippen molar-refractivity contribution < 1.29 is 19.1 Å². The van der Waals surface area contributed by atoms with Gasteiger partial charge in [0.25, 0.3) is 5.91 Å². The van der Waals surface area contributed by atoms with E-state index in [1.54, 1.807) is 24.3 Å². The fourth-order valence-electron chi connectivity index (χ4n) is 1.86. The van der Waals surface area contributed by atoms with Gasteiger partial charge in [0.15, 0.2) is 5.11 Å². The quantitative estimate of drug-likeness (QED) is 0.385. The molecule has 1 aliphatic heterocycles. The van der Waals surface area contributed by atoms with Crippen LogP contribution in [0.25, 0.3) is 6.08 Å². The van der Waals surface area contributed by atoms with Crippen LogP contribution in [-0.2, 0) is 14.4 Å². The maximum atomic E-state index is 11.8. The fourth-order valence-corrected chi connectivity index (χ4v) is 2.18. The molecule has 21 heavy (non-hydrogen) atoms. The maximum Gasteiger partial charge on any atom is 0.308 e. The molecule has 0 bridgehead atoms. The minimum atomic E-state index is -0.451. The van der Waals surface area contributed by atoms with Gasteiger partial charge in [0, 0.05) is 13.8 Å². The molecule has 2 amide bonds. The monoisotopic (exact) mass is 304 g/mol. The Morgan fingerprint density at radius 3 is 2.67 bits per heavy atom. The number of amides is 2. The van der Waals surface area contributed by atoms with Crippen molar-refractivity contribution >= 4 is 41.2 Å². The van der Waals surface area contributed by atoms with Crippen molar-refractivity contribution in [2.75, 3.05) is 0 Å². The van der Waals surface area contributed by atoms with E-state index in [1.165, 1.54) is 19.9 Å². The number of carbonyl (C=O) groups is 3. The van der Waals surface area contributed by atoms with Gasteiger partial charge in [-0.05, 0) is 36.0 Å².